The molecular weight excluding hydrogens is 416 g/mol. The number of hydrogen-bond acceptors (Lipinski definition) is 6. The molecule has 1 fully saturated rings. The summed E-state index contributed by atoms with van der Waals surface area (Å²) in [5.74, 6) is 0.915. The molecule has 1 atom stereocenters. The molecule has 0 aliphatic carbocycles. The topological polar surface area (TPSA) is 79.5 Å². The molecule has 0 spiro atoms. The molecule has 3 rings (SSSR count). The van der Waals surface area contributed by atoms with Gasteiger partial charge in [-0.15, -0.1) is 23.1 Å². The highest BCUT2D eigenvalue weighted by Gasteiger charge is 2.30. The van der Waals surface area contributed by atoms with E-state index in [2.05, 4.69) is 4.98 Å². The monoisotopic (exact) mass is 438 g/mol. The van der Waals surface area contributed by atoms with Gasteiger partial charge in [-0.2, -0.15) is 0 Å². The van der Waals surface area contributed by atoms with Gasteiger partial charge in [-0.3, -0.25) is 14.5 Å². The first-order chi connectivity index (χ1) is 13.4. The van der Waals surface area contributed by atoms with E-state index < -0.39 is 11.9 Å². The lowest BCUT2D eigenvalue weighted by Gasteiger charge is -2.38. The zero-order valence-electron chi connectivity index (χ0n) is 15.6. The second-order valence-corrected chi connectivity index (χ2v) is 9.11. The van der Waals surface area contributed by atoms with E-state index in [0.29, 0.717) is 37.0 Å². The first-order valence-electron chi connectivity index (χ1n) is 8.99. The fourth-order valence-corrected chi connectivity index (χ4v) is 4.90. The summed E-state index contributed by atoms with van der Waals surface area (Å²) in [6.07, 6.45) is 0. The average molecular weight is 439 g/mol. The molecule has 28 heavy (non-hydrogen) atoms. The quantitative estimate of drug-likeness (QED) is 0.718. The van der Waals surface area contributed by atoms with Crippen LogP contribution in [-0.2, 0) is 15.3 Å². The van der Waals surface area contributed by atoms with Crippen molar-refractivity contribution in [3.8, 4) is 0 Å². The number of aromatic nitrogens is 1. The van der Waals surface area contributed by atoms with Gasteiger partial charge in [0.25, 0.3) is 0 Å². The van der Waals surface area contributed by atoms with Gasteiger partial charge in [0.05, 0.1) is 16.5 Å². The van der Waals surface area contributed by atoms with Crippen molar-refractivity contribution >= 4 is 46.5 Å². The van der Waals surface area contributed by atoms with E-state index in [-0.39, 0.29) is 5.91 Å². The summed E-state index contributed by atoms with van der Waals surface area (Å²) < 4.78 is 0. The normalized spacial score (nSPS) is 16.1. The summed E-state index contributed by atoms with van der Waals surface area (Å²) in [7, 11) is 0. The maximum absolute atomic E-state index is 12.5. The number of carbonyl (C=O) groups is 2. The van der Waals surface area contributed by atoms with Crippen molar-refractivity contribution in [2.24, 2.45) is 5.73 Å². The SMILES string of the molecule is Cc1nc(CSCC(=O)N2CCN([C@@H](C(N)=O)c3ccc(Cl)cc3)CC2)cs1. The number of nitrogens with zero attached hydrogens (tertiary/aromatic N) is 3. The van der Waals surface area contributed by atoms with Gasteiger partial charge < -0.3 is 10.6 Å². The summed E-state index contributed by atoms with van der Waals surface area (Å²) in [4.78, 5) is 32.8. The van der Waals surface area contributed by atoms with E-state index in [0.717, 1.165) is 22.0 Å². The van der Waals surface area contributed by atoms with Crippen molar-refractivity contribution in [1.82, 2.24) is 14.8 Å². The second kappa shape index (κ2) is 9.73. The van der Waals surface area contributed by atoms with Gasteiger partial charge >= 0.3 is 0 Å². The summed E-state index contributed by atoms with van der Waals surface area (Å²) in [5.41, 5.74) is 7.50. The Morgan fingerprint density at radius 1 is 1.25 bits per heavy atom. The lowest BCUT2D eigenvalue weighted by Crippen LogP contribution is -2.52. The summed E-state index contributed by atoms with van der Waals surface area (Å²) in [6.45, 7) is 4.38. The Kier molecular flexibility index (Phi) is 7.34. The molecule has 1 saturated heterocycles. The molecular formula is C19H23ClN4O2S2. The highest BCUT2D eigenvalue weighted by Crippen LogP contribution is 2.24. The van der Waals surface area contributed by atoms with Gasteiger partial charge in [0.1, 0.15) is 6.04 Å². The van der Waals surface area contributed by atoms with Crippen LogP contribution in [0.25, 0.3) is 0 Å². The van der Waals surface area contributed by atoms with Crippen molar-refractivity contribution < 1.29 is 9.59 Å². The van der Waals surface area contributed by atoms with Crippen LogP contribution >= 0.6 is 34.7 Å². The summed E-state index contributed by atoms with van der Waals surface area (Å²) in [5, 5.41) is 3.70. The number of nitrogens with two attached hydrogens (primary N) is 1. The first kappa shape index (κ1) is 21.1. The van der Waals surface area contributed by atoms with Gasteiger partial charge in [-0.05, 0) is 24.6 Å². The number of thioether (sulfide) groups is 1. The molecule has 0 unspecified atom stereocenters. The second-order valence-electron chi connectivity index (χ2n) is 6.62. The summed E-state index contributed by atoms with van der Waals surface area (Å²) >= 11 is 9.15. The highest BCUT2D eigenvalue weighted by molar-refractivity contribution is 7.99. The molecule has 6 nitrogen and oxygen atoms in total. The van der Waals surface area contributed by atoms with Crippen LogP contribution < -0.4 is 5.73 Å². The molecule has 1 aromatic heterocycles. The minimum atomic E-state index is -0.503. The van der Waals surface area contributed by atoms with E-state index in [4.69, 9.17) is 17.3 Å². The number of thiazole rings is 1. The number of rotatable bonds is 7. The van der Waals surface area contributed by atoms with E-state index in [1.807, 2.05) is 34.2 Å². The van der Waals surface area contributed by atoms with Gasteiger partial charge in [0, 0.05) is 42.3 Å². The molecule has 1 aliphatic rings. The van der Waals surface area contributed by atoms with E-state index in [1.165, 1.54) is 0 Å². The molecule has 1 aliphatic heterocycles. The Morgan fingerprint density at radius 3 is 2.50 bits per heavy atom. The molecule has 2 aromatic rings. The number of carbonyl (C=O) groups excluding carboxylic acids is 2. The lowest BCUT2D eigenvalue weighted by atomic mass is 10.0. The molecule has 0 saturated carbocycles. The van der Waals surface area contributed by atoms with Crippen LogP contribution in [0.3, 0.4) is 0 Å². The predicted molar refractivity (Wildman–Crippen MR) is 115 cm³/mol. The first-order valence-corrected chi connectivity index (χ1v) is 11.4. The van der Waals surface area contributed by atoms with Crippen molar-refractivity contribution in [2.45, 2.75) is 18.7 Å². The molecule has 2 N–H and O–H groups in total. The van der Waals surface area contributed by atoms with E-state index in [9.17, 15) is 9.59 Å². The number of piperazine rings is 1. The summed E-state index contributed by atoms with van der Waals surface area (Å²) in [6, 6.07) is 6.66. The minimum Gasteiger partial charge on any atom is -0.368 e. The molecule has 2 heterocycles. The molecule has 0 bridgehead atoms. The third kappa shape index (κ3) is 5.47. The number of primary amides is 1. The van der Waals surface area contributed by atoms with Crippen LogP contribution in [-0.4, -0.2) is 58.5 Å². The molecule has 150 valence electrons. The lowest BCUT2D eigenvalue weighted by molar-refractivity contribution is -0.131. The molecule has 2 amide bonds. The average Bonchev–Trinajstić information content (AvgIpc) is 3.09. The molecule has 9 heteroatoms. The van der Waals surface area contributed by atoms with Crippen molar-refractivity contribution in [2.75, 3.05) is 31.9 Å². The minimum absolute atomic E-state index is 0.124. The van der Waals surface area contributed by atoms with Crippen molar-refractivity contribution in [1.29, 1.82) is 0 Å². The van der Waals surface area contributed by atoms with Crippen LogP contribution in [0.5, 0.6) is 0 Å². The Labute approximate surface area is 178 Å². The van der Waals surface area contributed by atoms with Gasteiger partial charge in [0.2, 0.25) is 11.8 Å². The molecule has 0 radical (unpaired) electrons. The van der Waals surface area contributed by atoms with Crippen LogP contribution in [0, 0.1) is 6.92 Å². The number of benzene rings is 1. The highest BCUT2D eigenvalue weighted by atomic mass is 35.5. The van der Waals surface area contributed by atoms with Crippen molar-refractivity contribution in [3.63, 3.8) is 0 Å². The van der Waals surface area contributed by atoms with Crippen LogP contribution in [0.2, 0.25) is 5.02 Å². The predicted octanol–water partition coefficient (Wildman–Crippen LogP) is 2.71. The zero-order chi connectivity index (χ0) is 20.1. The standard InChI is InChI=1S/C19H23ClN4O2S2/c1-13-22-16(11-28-13)10-27-12-17(25)23-6-8-24(9-7-23)18(19(21)26)14-2-4-15(20)5-3-14/h2-5,11,18H,6-10,12H2,1H3,(H2,21,26)/t18-/m1/s1. The zero-order valence-corrected chi connectivity index (χ0v) is 18.0. The third-order valence-electron chi connectivity index (χ3n) is 4.63. The smallest absolute Gasteiger partial charge is 0.239 e. The maximum atomic E-state index is 12.5. The fraction of sp³-hybridized carbons (Fsp3) is 0.421. The maximum Gasteiger partial charge on any atom is 0.239 e. The van der Waals surface area contributed by atoms with Gasteiger partial charge in [0.15, 0.2) is 0 Å². The molecule has 1 aromatic carbocycles. The Hall–Kier alpha value is -1.61. The van der Waals surface area contributed by atoms with E-state index in [1.54, 1.807) is 35.2 Å². The number of amides is 2. The van der Waals surface area contributed by atoms with Crippen molar-refractivity contribution in [3.05, 3.63) is 50.9 Å². The van der Waals surface area contributed by atoms with Gasteiger partial charge in [-0.1, -0.05) is 23.7 Å². The Balaban J connectivity index is 1.50. The number of aryl methyl sites for hydroxylation is 1. The third-order valence-corrected chi connectivity index (χ3v) is 6.65. The van der Waals surface area contributed by atoms with E-state index >= 15 is 0 Å². The van der Waals surface area contributed by atoms with Crippen LogP contribution in [0.1, 0.15) is 22.3 Å². The number of halogens is 1. The largest absolute Gasteiger partial charge is 0.368 e. The Bertz CT molecular complexity index is 820. The van der Waals surface area contributed by atoms with Gasteiger partial charge in [-0.25, -0.2) is 4.98 Å². The Morgan fingerprint density at radius 2 is 1.93 bits per heavy atom. The van der Waals surface area contributed by atoms with Crippen LogP contribution in [0.4, 0.5) is 0 Å². The fourth-order valence-electron chi connectivity index (χ4n) is 3.24. The number of hydrogen-bond donors (Lipinski definition) is 1. The van der Waals surface area contributed by atoms with Crippen LogP contribution in [0.15, 0.2) is 29.6 Å².